The standard InChI is InChI=1S/C16H17N3O3/c20-14(10-3-1-4-10)18-8-6-11(9-18)19-15(21)12-5-2-7-17-13(12)16(19)22/h2,5,7,10-11H,1,3-4,6,8-9H2. The second kappa shape index (κ2) is 4.90. The maximum atomic E-state index is 12.4. The Balaban J connectivity index is 1.51. The minimum atomic E-state index is -0.330. The molecule has 2 fully saturated rings. The highest BCUT2D eigenvalue weighted by Crippen LogP contribution is 2.31. The lowest BCUT2D eigenvalue weighted by Gasteiger charge is -2.29. The Bertz CT molecular complexity index is 633. The molecule has 1 aliphatic carbocycles. The molecule has 3 aliphatic rings. The average Bonchev–Trinajstić information content (AvgIpc) is 3.03. The van der Waals surface area contributed by atoms with E-state index in [0.29, 0.717) is 25.1 Å². The smallest absolute Gasteiger partial charge is 0.280 e. The van der Waals surface area contributed by atoms with Crippen LogP contribution in [0, 0.1) is 5.92 Å². The Morgan fingerprint density at radius 3 is 2.68 bits per heavy atom. The predicted molar refractivity (Wildman–Crippen MR) is 77.1 cm³/mol. The number of amides is 3. The maximum Gasteiger partial charge on any atom is 0.280 e. The Morgan fingerprint density at radius 2 is 2.00 bits per heavy atom. The summed E-state index contributed by atoms with van der Waals surface area (Å²) >= 11 is 0. The monoisotopic (exact) mass is 299 g/mol. The molecule has 2 aliphatic heterocycles. The fraction of sp³-hybridized carbons (Fsp3) is 0.500. The largest absolute Gasteiger partial charge is 0.340 e. The Morgan fingerprint density at radius 1 is 1.18 bits per heavy atom. The van der Waals surface area contributed by atoms with Crippen molar-refractivity contribution in [2.24, 2.45) is 5.92 Å². The van der Waals surface area contributed by atoms with Crippen LogP contribution in [0.25, 0.3) is 0 Å². The lowest BCUT2D eigenvalue weighted by molar-refractivity contribution is -0.137. The van der Waals surface area contributed by atoms with E-state index in [1.54, 1.807) is 12.1 Å². The summed E-state index contributed by atoms with van der Waals surface area (Å²) in [6.45, 7) is 1.08. The molecule has 6 heteroatoms. The van der Waals surface area contributed by atoms with Crippen LogP contribution in [0.2, 0.25) is 0 Å². The third-order valence-corrected chi connectivity index (χ3v) is 4.97. The van der Waals surface area contributed by atoms with Crippen LogP contribution in [0.15, 0.2) is 18.3 Å². The topological polar surface area (TPSA) is 70.6 Å². The van der Waals surface area contributed by atoms with E-state index in [4.69, 9.17) is 0 Å². The number of nitrogens with zero attached hydrogens (tertiary/aromatic N) is 3. The average molecular weight is 299 g/mol. The summed E-state index contributed by atoms with van der Waals surface area (Å²) in [5, 5.41) is 0. The van der Waals surface area contributed by atoms with E-state index >= 15 is 0 Å². The van der Waals surface area contributed by atoms with E-state index < -0.39 is 0 Å². The SMILES string of the molecule is O=C(C1CCC1)N1CCC(N2C(=O)c3cccnc3C2=O)C1. The summed E-state index contributed by atoms with van der Waals surface area (Å²) in [5.74, 6) is -0.273. The molecule has 0 aromatic carbocycles. The van der Waals surface area contributed by atoms with Gasteiger partial charge in [0.05, 0.1) is 11.6 Å². The number of aromatic nitrogens is 1. The van der Waals surface area contributed by atoms with Gasteiger partial charge in [-0.1, -0.05) is 6.42 Å². The van der Waals surface area contributed by atoms with Crippen LogP contribution >= 0.6 is 0 Å². The molecule has 1 atom stereocenters. The molecule has 1 aromatic rings. The molecule has 6 nitrogen and oxygen atoms in total. The molecule has 3 heterocycles. The van der Waals surface area contributed by atoms with Gasteiger partial charge >= 0.3 is 0 Å². The zero-order valence-electron chi connectivity index (χ0n) is 12.2. The highest BCUT2D eigenvalue weighted by Gasteiger charge is 2.44. The number of carbonyl (C=O) groups excluding carboxylic acids is 3. The summed E-state index contributed by atoms with van der Waals surface area (Å²) < 4.78 is 0. The van der Waals surface area contributed by atoms with Crippen LogP contribution in [0.1, 0.15) is 46.5 Å². The first-order valence-electron chi connectivity index (χ1n) is 7.78. The van der Waals surface area contributed by atoms with Crippen LogP contribution in [0.3, 0.4) is 0 Å². The van der Waals surface area contributed by atoms with Crippen LogP contribution < -0.4 is 0 Å². The lowest BCUT2D eigenvalue weighted by Crippen LogP contribution is -2.44. The predicted octanol–water partition coefficient (Wildman–Crippen LogP) is 1.08. The zero-order valence-corrected chi connectivity index (χ0v) is 12.2. The first kappa shape index (κ1) is 13.4. The fourth-order valence-electron chi connectivity index (χ4n) is 3.48. The van der Waals surface area contributed by atoms with Crippen LogP contribution in [-0.4, -0.2) is 51.6 Å². The molecule has 3 amide bonds. The zero-order chi connectivity index (χ0) is 15.3. The van der Waals surface area contributed by atoms with E-state index in [1.807, 2.05) is 4.90 Å². The second-order valence-corrected chi connectivity index (χ2v) is 6.23. The van der Waals surface area contributed by atoms with E-state index in [0.717, 1.165) is 19.3 Å². The maximum absolute atomic E-state index is 12.4. The van der Waals surface area contributed by atoms with Gasteiger partial charge in [0.2, 0.25) is 5.91 Å². The quantitative estimate of drug-likeness (QED) is 0.766. The third-order valence-electron chi connectivity index (χ3n) is 4.97. The molecular weight excluding hydrogens is 282 g/mol. The van der Waals surface area contributed by atoms with Crippen LogP contribution in [0.5, 0.6) is 0 Å². The number of imide groups is 1. The number of carbonyl (C=O) groups is 3. The lowest BCUT2D eigenvalue weighted by atomic mass is 9.84. The first-order chi connectivity index (χ1) is 10.7. The molecule has 22 heavy (non-hydrogen) atoms. The van der Waals surface area contributed by atoms with Gasteiger partial charge in [-0.3, -0.25) is 24.3 Å². The van der Waals surface area contributed by atoms with Gasteiger partial charge in [-0.15, -0.1) is 0 Å². The van der Waals surface area contributed by atoms with Gasteiger partial charge in [-0.25, -0.2) is 0 Å². The summed E-state index contributed by atoms with van der Waals surface area (Å²) in [6, 6.07) is 3.07. The van der Waals surface area contributed by atoms with Crippen molar-refractivity contribution >= 4 is 17.7 Å². The summed E-state index contributed by atoms with van der Waals surface area (Å²) in [4.78, 5) is 44.3. The Labute approximate surface area is 128 Å². The van der Waals surface area contributed by atoms with Crippen molar-refractivity contribution in [3.63, 3.8) is 0 Å². The van der Waals surface area contributed by atoms with Crippen molar-refractivity contribution < 1.29 is 14.4 Å². The van der Waals surface area contributed by atoms with Crippen molar-refractivity contribution in [3.05, 3.63) is 29.6 Å². The van der Waals surface area contributed by atoms with Gasteiger partial charge < -0.3 is 4.90 Å². The molecule has 1 aromatic heterocycles. The molecule has 4 rings (SSSR count). The number of pyridine rings is 1. The molecular formula is C16H17N3O3. The fourth-order valence-corrected chi connectivity index (χ4v) is 3.48. The number of rotatable bonds is 2. The molecule has 114 valence electrons. The highest BCUT2D eigenvalue weighted by atomic mass is 16.2. The molecule has 1 saturated carbocycles. The Hall–Kier alpha value is -2.24. The van der Waals surface area contributed by atoms with Gasteiger partial charge in [0.25, 0.3) is 11.8 Å². The third kappa shape index (κ3) is 1.86. The summed E-state index contributed by atoms with van der Waals surface area (Å²) in [6.07, 6.45) is 5.24. The normalized spacial score (nSPS) is 24.6. The second-order valence-electron chi connectivity index (χ2n) is 6.23. The molecule has 0 bridgehead atoms. The van der Waals surface area contributed by atoms with Crippen molar-refractivity contribution in [3.8, 4) is 0 Å². The number of likely N-dealkylation sites (tertiary alicyclic amines) is 1. The van der Waals surface area contributed by atoms with Gasteiger partial charge in [0.15, 0.2) is 0 Å². The molecule has 1 saturated heterocycles. The van der Waals surface area contributed by atoms with Crippen LogP contribution in [-0.2, 0) is 4.79 Å². The van der Waals surface area contributed by atoms with E-state index in [1.165, 1.54) is 11.1 Å². The molecule has 0 spiro atoms. The van der Waals surface area contributed by atoms with E-state index in [9.17, 15) is 14.4 Å². The van der Waals surface area contributed by atoms with Crippen molar-refractivity contribution in [1.82, 2.24) is 14.8 Å². The van der Waals surface area contributed by atoms with Crippen molar-refractivity contribution in [2.75, 3.05) is 13.1 Å². The van der Waals surface area contributed by atoms with Crippen molar-refractivity contribution in [1.29, 1.82) is 0 Å². The number of hydrogen-bond donors (Lipinski definition) is 0. The molecule has 0 radical (unpaired) electrons. The Kier molecular flexibility index (Phi) is 2.99. The summed E-state index contributed by atoms with van der Waals surface area (Å²) in [7, 11) is 0. The molecule has 1 unspecified atom stereocenters. The number of fused-ring (bicyclic) bond motifs is 1. The minimum Gasteiger partial charge on any atom is -0.340 e. The van der Waals surface area contributed by atoms with Gasteiger partial charge in [-0.05, 0) is 31.4 Å². The van der Waals surface area contributed by atoms with Crippen LogP contribution in [0.4, 0.5) is 0 Å². The highest BCUT2D eigenvalue weighted by molar-refractivity contribution is 6.20. The summed E-state index contributed by atoms with van der Waals surface area (Å²) in [5.41, 5.74) is 0.604. The minimum absolute atomic E-state index is 0.155. The first-order valence-corrected chi connectivity index (χ1v) is 7.78. The van der Waals surface area contributed by atoms with Gasteiger partial charge in [0, 0.05) is 25.2 Å². The number of hydrogen-bond acceptors (Lipinski definition) is 4. The van der Waals surface area contributed by atoms with E-state index in [2.05, 4.69) is 4.98 Å². The van der Waals surface area contributed by atoms with Crippen molar-refractivity contribution in [2.45, 2.75) is 31.7 Å². The van der Waals surface area contributed by atoms with Gasteiger partial charge in [0.1, 0.15) is 5.69 Å². The molecule has 0 N–H and O–H groups in total. The van der Waals surface area contributed by atoms with Gasteiger partial charge in [-0.2, -0.15) is 0 Å². The van der Waals surface area contributed by atoms with E-state index in [-0.39, 0.29) is 35.4 Å².